The minimum atomic E-state index is -0.959. The summed E-state index contributed by atoms with van der Waals surface area (Å²) >= 11 is 0. The second-order valence-electron chi connectivity index (χ2n) is 1.68. The molecule has 0 spiro atoms. The van der Waals surface area contributed by atoms with Crippen molar-refractivity contribution in [3.05, 3.63) is 12.3 Å². The lowest BCUT2D eigenvalue weighted by atomic mass is 10.3. The lowest BCUT2D eigenvalue weighted by Gasteiger charge is -2.13. The molecule has 1 unspecified atom stereocenters. The van der Waals surface area contributed by atoms with Gasteiger partial charge in [0.15, 0.2) is 6.04 Å². The quantitative estimate of drug-likeness (QED) is 0.381. The second-order valence-corrected chi connectivity index (χ2v) is 1.68. The van der Waals surface area contributed by atoms with Crippen LogP contribution in [0.4, 0.5) is 0 Å². The molecule has 5 nitrogen and oxygen atoms in total. The Morgan fingerprint density at radius 2 is 2.56 bits per heavy atom. The highest BCUT2D eigenvalue weighted by Crippen LogP contribution is 1.98. The standard InChI is InChI=1S/C4H7N3O2/c5-7-3(4(8)9)1-2-6-7/h1-3,6H,5H2,(H,8,9). The van der Waals surface area contributed by atoms with Crippen LogP contribution in [0.1, 0.15) is 0 Å². The fraction of sp³-hybridized carbons (Fsp3) is 0.250. The van der Waals surface area contributed by atoms with Crippen LogP contribution in [0.25, 0.3) is 0 Å². The number of rotatable bonds is 1. The summed E-state index contributed by atoms with van der Waals surface area (Å²) in [6.07, 6.45) is 2.95. The van der Waals surface area contributed by atoms with E-state index in [4.69, 9.17) is 10.9 Å². The molecular formula is C4H7N3O2. The molecule has 4 N–H and O–H groups in total. The van der Waals surface area contributed by atoms with Gasteiger partial charge >= 0.3 is 5.97 Å². The molecular weight excluding hydrogens is 122 g/mol. The zero-order valence-corrected chi connectivity index (χ0v) is 4.61. The van der Waals surface area contributed by atoms with E-state index in [0.717, 1.165) is 5.12 Å². The van der Waals surface area contributed by atoms with Gasteiger partial charge in [-0.2, -0.15) is 0 Å². The number of hydrogen-bond donors (Lipinski definition) is 3. The van der Waals surface area contributed by atoms with Crippen molar-refractivity contribution in [2.75, 3.05) is 0 Å². The maximum atomic E-state index is 10.2. The molecule has 0 fully saturated rings. The summed E-state index contributed by atoms with van der Waals surface area (Å²) in [6.45, 7) is 0. The number of hydrazine groups is 2. The van der Waals surface area contributed by atoms with E-state index in [0.29, 0.717) is 0 Å². The Balaban J connectivity index is 2.59. The number of nitrogens with one attached hydrogen (secondary N) is 1. The molecule has 0 saturated heterocycles. The topological polar surface area (TPSA) is 78.6 Å². The van der Waals surface area contributed by atoms with E-state index in [1.807, 2.05) is 0 Å². The maximum absolute atomic E-state index is 10.2. The van der Waals surface area contributed by atoms with E-state index in [1.54, 1.807) is 0 Å². The van der Waals surface area contributed by atoms with Gasteiger partial charge < -0.3 is 10.5 Å². The molecule has 1 atom stereocenters. The molecule has 0 saturated carbocycles. The molecule has 0 aliphatic carbocycles. The molecule has 1 rings (SSSR count). The van der Waals surface area contributed by atoms with Gasteiger partial charge in [-0.1, -0.05) is 0 Å². The van der Waals surface area contributed by atoms with Crippen molar-refractivity contribution in [3.63, 3.8) is 0 Å². The average Bonchev–Trinajstić information content (AvgIpc) is 2.13. The molecule has 0 radical (unpaired) electrons. The SMILES string of the molecule is NN1NC=CC1C(=O)O. The van der Waals surface area contributed by atoms with Crippen LogP contribution in [0, 0.1) is 0 Å². The van der Waals surface area contributed by atoms with Crippen molar-refractivity contribution < 1.29 is 9.90 Å². The fourth-order valence-electron chi connectivity index (χ4n) is 0.595. The lowest BCUT2D eigenvalue weighted by Crippen LogP contribution is -2.47. The van der Waals surface area contributed by atoms with Gasteiger partial charge in [-0.15, -0.1) is 5.12 Å². The van der Waals surface area contributed by atoms with Gasteiger partial charge in [-0.3, -0.25) is 4.79 Å². The van der Waals surface area contributed by atoms with E-state index >= 15 is 0 Å². The van der Waals surface area contributed by atoms with Gasteiger partial charge in [0.25, 0.3) is 0 Å². The third-order valence-corrected chi connectivity index (χ3v) is 1.05. The van der Waals surface area contributed by atoms with Crippen molar-refractivity contribution in [1.82, 2.24) is 10.5 Å². The summed E-state index contributed by atoms with van der Waals surface area (Å²) in [6, 6.07) is -0.731. The highest BCUT2D eigenvalue weighted by atomic mass is 16.4. The van der Waals surface area contributed by atoms with Crippen LogP contribution in [0.15, 0.2) is 12.3 Å². The Morgan fingerprint density at radius 3 is 2.78 bits per heavy atom. The summed E-state index contributed by atoms with van der Waals surface area (Å²) in [5, 5.41) is 9.39. The lowest BCUT2D eigenvalue weighted by molar-refractivity contribution is -0.141. The Hall–Kier alpha value is -1.07. The van der Waals surface area contributed by atoms with Crippen LogP contribution in [0.3, 0.4) is 0 Å². The van der Waals surface area contributed by atoms with E-state index in [1.165, 1.54) is 12.3 Å². The van der Waals surface area contributed by atoms with Gasteiger partial charge in [-0.05, 0) is 6.08 Å². The number of nitrogens with two attached hydrogens (primary N) is 1. The van der Waals surface area contributed by atoms with Gasteiger partial charge in [-0.25, -0.2) is 5.84 Å². The predicted octanol–water partition coefficient (Wildman–Crippen LogP) is -1.35. The van der Waals surface area contributed by atoms with Crippen LogP contribution in [0.2, 0.25) is 0 Å². The molecule has 0 amide bonds. The van der Waals surface area contributed by atoms with E-state index in [9.17, 15) is 4.79 Å². The Labute approximate surface area is 51.7 Å². The largest absolute Gasteiger partial charge is 0.480 e. The zero-order valence-electron chi connectivity index (χ0n) is 4.61. The van der Waals surface area contributed by atoms with Crippen LogP contribution >= 0.6 is 0 Å². The minimum Gasteiger partial charge on any atom is -0.480 e. The number of carboxylic acids is 1. The van der Waals surface area contributed by atoms with Crippen molar-refractivity contribution in [1.29, 1.82) is 0 Å². The molecule has 9 heavy (non-hydrogen) atoms. The summed E-state index contributed by atoms with van der Waals surface area (Å²) in [4.78, 5) is 10.2. The predicted molar refractivity (Wildman–Crippen MR) is 29.7 cm³/mol. The van der Waals surface area contributed by atoms with Gasteiger partial charge in [0, 0.05) is 6.20 Å². The third-order valence-electron chi connectivity index (χ3n) is 1.05. The molecule has 0 aromatic carbocycles. The molecule has 50 valence electrons. The number of carbonyl (C=O) groups is 1. The van der Waals surface area contributed by atoms with E-state index in [2.05, 4.69) is 5.43 Å². The highest BCUT2D eigenvalue weighted by molar-refractivity contribution is 5.76. The summed E-state index contributed by atoms with van der Waals surface area (Å²) < 4.78 is 0. The zero-order chi connectivity index (χ0) is 6.85. The minimum absolute atomic E-state index is 0.731. The molecule has 0 aromatic heterocycles. The molecule has 1 heterocycles. The summed E-state index contributed by atoms with van der Waals surface area (Å²) in [7, 11) is 0. The third kappa shape index (κ3) is 1.01. The number of carboxylic acid groups (broad SMARTS) is 1. The Bertz CT molecular complexity index is 156. The van der Waals surface area contributed by atoms with Gasteiger partial charge in [0.05, 0.1) is 0 Å². The van der Waals surface area contributed by atoms with E-state index < -0.39 is 12.0 Å². The first kappa shape index (κ1) is 6.06. The summed E-state index contributed by atoms with van der Waals surface area (Å²) in [5.41, 5.74) is 2.50. The monoisotopic (exact) mass is 129 g/mol. The summed E-state index contributed by atoms with van der Waals surface area (Å²) in [5.74, 6) is 4.20. The normalized spacial score (nSPS) is 26.1. The number of hydrogen-bond acceptors (Lipinski definition) is 4. The van der Waals surface area contributed by atoms with Crippen molar-refractivity contribution >= 4 is 5.97 Å². The first-order chi connectivity index (χ1) is 4.22. The molecule has 0 aromatic rings. The second kappa shape index (κ2) is 2.04. The smallest absolute Gasteiger partial charge is 0.328 e. The first-order valence-electron chi connectivity index (χ1n) is 2.41. The van der Waals surface area contributed by atoms with Gasteiger partial charge in [0.2, 0.25) is 0 Å². The fourth-order valence-corrected chi connectivity index (χ4v) is 0.595. The van der Waals surface area contributed by atoms with Crippen molar-refractivity contribution in [2.24, 2.45) is 5.84 Å². The highest BCUT2D eigenvalue weighted by Gasteiger charge is 2.22. The van der Waals surface area contributed by atoms with Crippen molar-refractivity contribution in [2.45, 2.75) is 6.04 Å². The first-order valence-corrected chi connectivity index (χ1v) is 2.41. The average molecular weight is 129 g/mol. The molecule has 0 bridgehead atoms. The number of aliphatic carboxylic acids is 1. The van der Waals surface area contributed by atoms with Crippen LogP contribution in [-0.4, -0.2) is 22.2 Å². The maximum Gasteiger partial charge on any atom is 0.328 e. The number of nitrogens with zero attached hydrogens (tertiary/aromatic N) is 1. The Kier molecular flexibility index (Phi) is 1.37. The molecule has 5 heteroatoms. The van der Waals surface area contributed by atoms with Gasteiger partial charge in [0.1, 0.15) is 0 Å². The van der Waals surface area contributed by atoms with Crippen molar-refractivity contribution in [3.8, 4) is 0 Å². The van der Waals surface area contributed by atoms with Crippen LogP contribution < -0.4 is 11.3 Å². The molecule has 1 aliphatic heterocycles. The Morgan fingerprint density at radius 1 is 1.89 bits per heavy atom. The molecule has 1 aliphatic rings. The van der Waals surface area contributed by atoms with Crippen LogP contribution in [0.5, 0.6) is 0 Å². The van der Waals surface area contributed by atoms with Crippen LogP contribution in [-0.2, 0) is 4.79 Å². The van der Waals surface area contributed by atoms with E-state index in [-0.39, 0.29) is 0 Å².